The van der Waals surface area contributed by atoms with E-state index in [1.54, 1.807) is 57.2 Å². The van der Waals surface area contributed by atoms with Gasteiger partial charge in [0.2, 0.25) is 17.0 Å². The highest BCUT2D eigenvalue weighted by Crippen LogP contribution is 2.39. The van der Waals surface area contributed by atoms with E-state index in [2.05, 4.69) is 15.5 Å². The summed E-state index contributed by atoms with van der Waals surface area (Å²) in [4.78, 5) is 27.7. The lowest BCUT2D eigenvalue weighted by Crippen LogP contribution is -2.60. The molecule has 0 bridgehead atoms. The normalized spacial score (nSPS) is 15.8. The molecule has 32 heavy (non-hydrogen) atoms. The number of hydrogen-bond acceptors (Lipinski definition) is 6. The zero-order valence-corrected chi connectivity index (χ0v) is 19.8. The molecule has 0 radical (unpaired) electrons. The van der Waals surface area contributed by atoms with Crippen molar-refractivity contribution >= 4 is 58.2 Å². The van der Waals surface area contributed by atoms with Crippen molar-refractivity contribution < 1.29 is 9.59 Å². The van der Waals surface area contributed by atoms with Gasteiger partial charge in [0.05, 0.1) is 21.6 Å². The fourth-order valence-electron chi connectivity index (χ4n) is 3.45. The third-order valence-electron chi connectivity index (χ3n) is 5.19. The number of anilines is 2. The molecule has 3 N–H and O–H groups in total. The Morgan fingerprint density at radius 2 is 1.91 bits per heavy atom. The number of aromatic nitrogens is 3. The van der Waals surface area contributed by atoms with E-state index >= 15 is 0 Å². The van der Waals surface area contributed by atoms with Gasteiger partial charge in [-0.2, -0.15) is 0 Å². The number of hydrogen-bond donors (Lipinski definition) is 2. The Morgan fingerprint density at radius 3 is 2.62 bits per heavy atom. The molecule has 2 aromatic carbocycles. The second kappa shape index (κ2) is 8.31. The maximum atomic E-state index is 13.5. The van der Waals surface area contributed by atoms with Gasteiger partial charge < -0.3 is 11.2 Å². The number of nitrogen functional groups attached to an aromatic ring is 1. The number of fused-ring (bicyclic) bond motifs is 1. The molecule has 2 amide bonds. The summed E-state index contributed by atoms with van der Waals surface area (Å²) in [6.07, 6.45) is 0. The first kappa shape index (κ1) is 22.4. The summed E-state index contributed by atoms with van der Waals surface area (Å²) in [5, 5.41) is 11.7. The minimum Gasteiger partial charge on any atom is -0.335 e. The fourth-order valence-corrected chi connectivity index (χ4v) is 4.75. The summed E-state index contributed by atoms with van der Waals surface area (Å²) in [7, 11) is 0. The molecule has 1 aliphatic heterocycles. The van der Waals surface area contributed by atoms with Gasteiger partial charge in [0, 0.05) is 10.6 Å². The monoisotopic (exact) mass is 490 g/mol. The second-order valence-corrected chi connectivity index (χ2v) is 9.92. The summed E-state index contributed by atoms with van der Waals surface area (Å²) in [5.74, 6) is 6.04. The Balaban J connectivity index is 1.62. The summed E-state index contributed by atoms with van der Waals surface area (Å²) in [6, 6.07) is 12.2. The molecule has 1 unspecified atom stereocenters. The molecule has 2 heterocycles. The highest BCUT2D eigenvalue weighted by atomic mass is 35.5. The van der Waals surface area contributed by atoms with Gasteiger partial charge in [-0.3, -0.25) is 14.5 Å². The van der Waals surface area contributed by atoms with E-state index in [-0.39, 0.29) is 11.8 Å². The van der Waals surface area contributed by atoms with Crippen LogP contribution in [-0.4, -0.2) is 37.5 Å². The molecule has 0 fully saturated rings. The van der Waals surface area contributed by atoms with Crippen molar-refractivity contribution in [1.29, 1.82) is 0 Å². The maximum absolute atomic E-state index is 13.5. The second-order valence-electron chi connectivity index (χ2n) is 7.76. The Morgan fingerprint density at radius 1 is 1.19 bits per heavy atom. The largest absolute Gasteiger partial charge is 0.335 e. The molecular formula is C21H20Cl2N6O2S. The Hall–Kier alpha value is -2.75. The summed E-state index contributed by atoms with van der Waals surface area (Å²) >= 11 is 13.4. The third-order valence-corrected chi connectivity index (χ3v) is 6.79. The van der Waals surface area contributed by atoms with Crippen LogP contribution >= 0.6 is 35.0 Å². The Bertz CT molecular complexity index is 1230. The van der Waals surface area contributed by atoms with E-state index in [0.717, 1.165) is 11.8 Å². The third kappa shape index (κ3) is 3.80. The Kier molecular flexibility index (Phi) is 5.83. The van der Waals surface area contributed by atoms with Crippen molar-refractivity contribution in [3.63, 3.8) is 0 Å². The topological polar surface area (TPSA) is 106 Å². The lowest BCUT2D eigenvalue weighted by Gasteiger charge is -2.43. The van der Waals surface area contributed by atoms with Gasteiger partial charge in [-0.25, -0.2) is 4.68 Å². The van der Waals surface area contributed by atoms with Crippen LogP contribution in [0.1, 0.15) is 20.8 Å². The van der Waals surface area contributed by atoms with Gasteiger partial charge in [-0.05, 0) is 51.1 Å². The fraction of sp³-hybridized carbons (Fsp3) is 0.238. The van der Waals surface area contributed by atoms with Crippen LogP contribution in [0, 0.1) is 0 Å². The van der Waals surface area contributed by atoms with Crippen LogP contribution in [0.2, 0.25) is 10.0 Å². The average molecular weight is 491 g/mol. The van der Waals surface area contributed by atoms with Crippen LogP contribution in [0.3, 0.4) is 0 Å². The molecule has 0 saturated heterocycles. The molecule has 0 saturated carbocycles. The van der Waals surface area contributed by atoms with E-state index in [1.165, 1.54) is 9.58 Å². The number of nitrogens with zero attached hydrogens (tertiary/aromatic N) is 4. The molecule has 0 aliphatic carbocycles. The number of thioether (sulfide) groups is 1. The first-order chi connectivity index (χ1) is 15.1. The minimum absolute atomic E-state index is 0.253. The minimum atomic E-state index is -1.07. The molecule has 1 atom stereocenters. The first-order valence-electron chi connectivity index (χ1n) is 9.68. The van der Waals surface area contributed by atoms with Crippen molar-refractivity contribution in [3.05, 3.63) is 52.5 Å². The van der Waals surface area contributed by atoms with E-state index < -0.39 is 10.8 Å². The number of rotatable bonds is 4. The number of nitrogens with two attached hydrogens (primary N) is 1. The number of nitrogens with one attached hydrogen (secondary N) is 1. The molecule has 166 valence electrons. The molecular weight excluding hydrogens is 471 g/mol. The van der Waals surface area contributed by atoms with Crippen molar-refractivity contribution in [2.24, 2.45) is 0 Å². The van der Waals surface area contributed by atoms with Gasteiger partial charge in [0.15, 0.2) is 5.82 Å². The molecule has 11 heteroatoms. The van der Waals surface area contributed by atoms with Crippen LogP contribution in [0.4, 0.5) is 11.4 Å². The van der Waals surface area contributed by atoms with Gasteiger partial charge >= 0.3 is 0 Å². The summed E-state index contributed by atoms with van der Waals surface area (Å²) < 4.78 is 1.28. The van der Waals surface area contributed by atoms with Crippen LogP contribution in [0.15, 0.2) is 47.6 Å². The number of halogens is 2. The van der Waals surface area contributed by atoms with Crippen molar-refractivity contribution in [2.75, 3.05) is 16.1 Å². The first-order valence-corrected chi connectivity index (χ1v) is 11.3. The van der Waals surface area contributed by atoms with Crippen molar-refractivity contribution in [2.45, 2.75) is 36.7 Å². The van der Waals surface area contributed by atoms with E-state index in [1.807, 2.05) is 6.07 Å². The van der Waals surface area contributed by atoms with Gasteiger partial charge in [-0.1, -0.05) is 47.1 Å². The van der Waals surface area contributed by atoms with Gasteiger partial charge in [-0.15, -0.1) is 10.2 Å². The highest BCUT2D eigenvalue weighted by molar-refractivity contribution is 8.00. The number of carbonyl (C=O) groups excluding carboxylic acids is 2. The maximum Gasteiger partial charge on any atom is 0.250 e. The molecule has 0 spiro atoms. The summed E-state index contributed by atoms with van der Waals surface area (Å²) in [6.45, 7) is 5.15. The van der Waals surface area contributed by atoms with Crippen molar-refractivity contribution in [3.8, 4) is 11.4 Å². The number of carbonyl (C=O) groups is 2. The van der Waals surface area contributed by atoms with Crippen LogP contribution < -0.4 is 16.1 Å². The summed E-state index contributed by atoms with van der Waals surface area (Å²) in [5.41, 5.74) is 0.722. The predicted octanol–water partition coefficient (Wildman–Crippen LogP) is 4.21. The van der Waals surface area contributed by atoms with E-state index in [9.17, 15) is 9.59 Å². The quantitative estimate of drug-likeness (QED) is 0.419. The zero-order valence-electron chi connectivity index (χ0n) is 17.5. The molecule has 4 rings (SSSR count). The van der Waals surface area contributed by atoms with Crippen LogP contribution in [-0.2, 0) is 9.59 Å². The molecule has 1 aliphatic rings. The number of para-hydroxylation sites is 2. The van der Waals surface area contributed by atoms with Gasteiger partial charge in [0.1, 0.15) is 5.54 Å². The average Bonchev–Trinajstić information content (AvgIpc) is 3.08. The van der Waals surface area contributed by atoms with E-state index in [0.29, 0.717) is 38.0 Å². The van der Waals surface area contributed by atoms with Crippen molar-refractivity contribution in [1.82, 2.24) is 14.9 Å². The number of benzene rings is 2. The Labute approximate surface area is 199 Å². The molecule has 1 aromatic heterocycles. The molecule has 3 aromatic rings. The van der Waals surface area contributed by atoms with Gasteiger partial charge in [0.25, 0.3) is 0 Å². The number of amides is 2. The molecule has 8 nitrogen and oxygen atoms in total. The smallest absolute Gasteiger partial charge is 0.250 e. The van der Waals surface area contributed by atoms with Crippen LogP contribution in [0.25, 0.3) is 11.4 Å². The lowest BCUT2D eigenvalue weighted by atomic mass is 9.96. The van der Waals surface area contributed by atoms with E-state index in [4.69, 9.17) is 29.0 Å². The predicted molar refractivity (Wildman–Crippen MR) is 128 cm³/mol. The SMILES string of the molecule is CC(Sc1nnc(-c2ccc(Cl)cc2Cl)n1N)C(=O)N1c2ccccc2NC(=O)C1(C)C. The highest BCUT2D eigenvalue weighted by Gasteiger charge is 2.45. The zero-order chi connectivity index (χ0) is 23.2. The van der Waals surface area contributed by atoms with Crippen LogP contribution in [0.5, 0.6) is 0 Å². The standard InChI is InChI=1S/C21H20Cl2N6O2S/c1-11(18(30)28-16-7-5-4-6-15(16)25-19(31)21(28,2)3)32-20-27-26-17(29(20)24)13-9-8-12(22)10-14(13)23/h4-11H,24H2,1-3H3,(H,25,31). The lowest BCUT2D eigenvalue weighted by molar-refractivity contribution is -0.126.